The third kappa shape index (κ3) is 3.42. The number of fused-ring (bicyclic) bond motifs is 1. The number of aromatic nitrogens is 3. The van der Waals surface area contributed by atoms with Crippen molar-refractivity contribution in [3.8, 4) is 0 Å². The minimum absolute atomic E-state index is 0.00252. The lowest BCUT2D eigenvalue weighted by molar-refractivity contribution is -0.142. The van der Waals surface area contributed by atoms with E-state index in [-0.39, 0.29) is 29.7 Å². The van der Waals surface area contributed by atoms with Crippen molar-refractivity contribution in [2.75, 3.05) is 6.54 Å². The first kappa shape index (κ1) is 19.3. The van der Waals surface area contributed by atoms with Crippen LogP contribution in [-0.4, -0.2) is 38.1 Å². The first-order valence-corrected chi connectivity index (χ1v) is 10.6. The third-order valence-corrected chi connectivity index (χ3v) is 6.78. The fourth-order valence-corrected chi connectivity index (χ4v) is 5.03. The van der Waals surface area contributed by atoms with E-state index < -0.39 is 6.17 Å². The highest BCUT2D eigenvalue weighted by Crippen LogP contribution is 2.39. The summed E-state index contributed by atoms with van der Waals surface area (Å²) in [5.74, 6) is 0.0162. The molecule has 0 radical (unpaired) electrons. The Bertz CT molecular complexity index is 828. The van der Waals surface area contributed by atoms with E-state index in [4.69, 9.17) is 5.10 Å². The van der Waals surface area contributed by atoms with Gasteiger partial charge in [-0.1, -0.05) is 13.8 Å². The van der Waals surface area contributed by atoms with E-state index in [9.17, 15) is 9.18 Å². The van der Waals surface area contributed by atoms with Crippen LogP contribution >= 0.6 is 0 Å². The van der Waals surface area contributed by atoms with Gasteiger partial charge in [-0.25, -0.2) is 13.9 Å². The molecule has 1 saturated heterocycles. The van der Waals surface area contributed by atoms with Gasteiger partial charge in [0.1, 0.15) is 6.17 Å². The summed E-state index contributed by atoms with van der Waals surface area (Å²) in [6.07, 6.45) is 5.56. The van der Waals surface area contributed by atoms with Gasteiger partial charge in [0, 0.05) is 30.4 Å². The molecule has 2 fully saturated rings. The largest absolute Gasteiger partial charge is 0.334 e. The number of carbonyl (C=O) groups is 1. The lowest BCUT2D eigenvalue weighted by Crippen LogP contribution is -2.45. The van der Waals surface area contributed by atoms with E-state index >= 15 is 0 Å². The molecule has 1 amide bonds. The second-order valence-electron chi connectivity index (χ2n) is 8.99. The van der Waals surface area contributed by atoms with Crippen molar-refractivity contribution < 1.29 is 9.18 Å². The van der Waals surface area contributed by atoms with Gasteiger partial charge in [-0.15, -0.1) is 0 Å². The summed E-state index contributed by atoms with van der Waals surface area (Å²) in [5.41, 5.74) is 3.85. The van der Waals surface area contributed by atoms with Crippen LogP contribution in [-0.2, 0) is 4.79 Å². The fraction of sp³-hybridized carbons (Fsp3) is 0.682. The standard InChI is InChI=1S/C22H31FN4O/c1-13-9-17(10-14(2)21(13)23)22(28)26-8-6-5-7-19(26)18-11-20-24-16(4)15(3)12-27(20)25-18/h11-14,17,19,21H,5-10H2,1-4H3/t13?,14?,17?,19-,21?/m0/s1. The molecule has 1 saturated carbocycles. The van der Waals surface area contributed by atoms with Crippen LogP contribution in [0.5, 0.6) is 0 Å². The number of carbonyl (C=O) groups excluding carboxylic acids is 1. The third-order valence-electron chi connectivity index (χ3n) is 6.78. The van der Waals surface area contributed by atoms with Crippen LogP contribution in [0.4, 0.5) is 4.39 Å². The monoisotopic (exact) mass is 386 g/mol. The van der Waals surface area contributed by atoms with Crippen molar-refractivity contribution in [2.24, 2.45) is 17.8 Å². The predicted octanol–water partition coefficient (Wildman–Crippen LogP) is 4.42. The molecule has 6 heteroatoms. The smallest absolute Gasteiger partial charge is 0.226 e. The Morgan fingerprint density at radius 3 is 2.61 bits per heavy atom. The number of rotatable bonds is 2. The molecule has 0 spiro atoms. The number of nitrogens with zero attached hydrogens (tertiary/aromatic N) is 4. The Kier molecular flexibility index (Phi) is 5.15. The molecule has 2 aromatic rings. The Balaban J connectivity index is 1.60. The number of hydrogen-bond acceptors (Lipinski definition) is 3. The summed E-state index contributed by atoms with van der Waals surface area (Å²) in [5, 5.41) is 4.76. The van der Waals surface area contributed by atoms with Gasteiger partial charge >= 0.3 is 0 Å². The lowest BCUT2D eigenvalue weighted by atomic mass is 9.74. The second kappa shape index (κ2) is 7.45. The van der Waals surface area contributed by atoms with Crippen LogP contribution < -0.4 is 0 Å². The Hall–Kier alpha value is -1.98. The van der Waals surface area contributed by atoms with E-state index in [0.717, 1.165) is 48.4 Å². The molecule has 0 aromatic carbocycles. The van der Waals surface area contributed by atoms with Gasteiger partial charge in [0.2, 0.25) is 5.91 Å². The zero-order valence-electron chi connectivity index (χ0n) is 17.4. The maximum Gasteiger partial charge on any atom is 0.226 e. The van der Waals surface area contributed by atoms with E-state index in [1.54, 1.807) is 0 Å². The van der Waals surface area contributed by atoms with Crippen LogP contribution in [0.1, 0.15) is 68.9 Å². The first-order valence-electron chi connectivity index (χ1n) is 10.6. The zero-order valence-corrected chi connectivity index (χ0v) is 17.4. The van der Waals surface area contributed by atoms with Crippen LogP contribution in [0.2, 0.25) is 0 Å². The summed E-state index contributed by atoms with van der Waals surface area (Å²) in [4.78, 5) is 20.1. The molecule has 28 heavy (non-hydrogen) atoms. The van der Waals surface area contributed by atoms with E-state index in [1.165, 1.54) is 0 Å². The molecule has 0 bridgehead atoms. The van der Waals surface area contributed by atoms with Gasteiger partial charge in [0.05, 0.1) is 11.7 Å². The molecule has 0 N–H and O–H groups in total. The average molecular weight is 387 g/mol. The summed E-state index contributed by atoms with van der Waals surface area (Å²) < 4.78 is 16.1. The summed E-state index contributed by atoms with van der Waals surface area (Å²) in [6, 6.07) is 2.02. The molecule has 1 aliphatic heterocycles. The van der Waals surface area contributed by atoms with Crippen molar-refractivity contribution >= 4 is 11.6 Å². The van der Waals surface area contributed by atoms with Gasteiger partial charge < -0.3 is 4.90 Å². The Morgan fingerprint density at radius 2 is 1.89 bits per heavy atom. The van der Waals surface area contributed by atoms with Crippen LogP contribution in [0.25, 0.3) is 5.65 Å². The number of amides is 1. The van der Waals surface area contributed by atoms with Crippen LogP contribution in [0, 0.1) is 31.6 Å². The zero-order chi connectivity index (χ0) is 20.0. The topological polar surface area (TPSA) is 50.5 Å². The SMILES string of the molecule is Cc1cn2nc([C@@H]3CCCCN3C(=O)C3CC(C)C(F)C(C)C3)cc2nc1C. The van der Waals surface area contributed by atoms with Gasteiger partial charge in [-0.3, -0.25) is 4.79 Å². The number of piperidine rings is 1. The van der Waals surface area contributed by atoms with Crippen molar-refractivity contribution in [1.82, 2.24) is 19.5 Å². The molecule has 3 atom stereocenters. The Morgan fingerprint density at radius 1 is 1.18 bits per heavy atom. The number of likely N-dealkylation sites (tertiary alicyclic amines) is 1. The highest BCUT2D eigenvalue weighted by Gasteiger charge is 2.40. The van der Waals surface area contributed by atoms with Crippen molar-refractivity contribution in [1.29, 1.82) is 0 Å². The van der Waals surface area contributed by atoms with E-state index in [0.29, 0.717) is 12.8 Å². The van der Waals surface area contributed by atoms with Crippen LogP contribution in [0.3, 0.4) is 0 Å². The highest BCUT2D eigenvalue weighted by molar-refractivity contribution is 5.79. The fourth-order valence-electron chi connectivity index (χ4n) is 5.03. The van der Waals surface area contributed by atoms with Crippen molar-refractivity contribution in [3.63, 3.8) is 0 Å². The average Bonchev–Trinajstić information content (AvgIpc) is 3.08. The van der Waals surface area contributed by atoms with E-state index in [2.05, 4.69) is 4.98 Å². The van der Waals surface area contributed by atoms with Crippen molar-refractivity contribution in [3.05, 3.63) is 29.2 Å². The van der Waals surface area contributed by atoms with Gasteiger partial charge in [0.25, 0.3) is 0 Å². The molecule has 2 aromatic heterocycles. The molecular weight excluding hydrogens is 355 g/mol. The molecular formula is C22H31FN4O. The number of hydrogen-bond donors (Lipinski definition) is 0. The molecule has 3 heterocycles. The molecule has 4 rings (SSSR count). The number of aryl methyl sites for hydroxylation is 2. The molecule has 5 nitrogen and oxygen atoms in total. The molecule has 1 aliphatic carbocycles. The maximum atomic E-state index is 14.2. The van der Waals surface area contributed by atoms with Crippen LogP contribution in [0.15, 0.2) is 12.3 Å². The predicted molar refractivity (Wildman–Crippen MR) is 107 cm³/mol. The highest BCUT2D eigenvalue weighted by atomic mass is 19.1. The summed E-state index contributed by atoms with van der Waals surface area (Å²) in [7, 11) is 0. The minimum atomic E-state index is -0.794. The molecule has 2 unspecified atom stereocenters. The Labute approximate surface area is 166 Å². The van der Waals surface area contributed by atoms with Gasteiger partial charge in [-0.2, -0.15) is 5.10 Å². The van der Waals surface area contributed by atoms with Crippen molar-refractivity contribution in [2.45, 2.75) is 72.0 Å². The first-order chi connectivity index (χ1) is 13.3. The van der Waals surface area contributed by atoms with E-state index in [1.807, 2.05) is 49.4 Å². The summed E-state index contributed by atoms with van der Waals surface area (Å²) in [6.45, 7) is 8.67. The molecule has 2 aliphatic rings. The minimum Gasteiger partial charge on any atom is -0.334 e. The lowest BCUT2D eigenvalue weighted by Gasteiger charge is -2.40. The number of halogens is 1. The normalized spacial score (nSPS) is 31.3. The van der Waals surface area contributed by atoms with Gasteiger partial charge in [-0.05, 0) is 63.4 Å². The van der Waals surface area contributed by atoms with Gasteiger partial charge in [0.15, 0.2) is 5.65 Å². The maximum absolute atomic E-state index is 14.2. The quantitative estimate of drug-likeness (QED) is 0.768. The second-order valence-corrected chi connectivity index (χ2v) is 8.99. The molecule has 152 valence electrons. The summed E-state index contributed by atoms with van der Waals surface area (Å²) >= 11 is 0. The number of alkyl halides is 1.